The highest BCUT2D eigenvalue weighted by atomic mass is 16.6. The molecule has 0 bridgehead atoms. The van der Waals surface area contributed by atoms with Gasteiger partial charge in [0.15, 0.2) is 0 Å². The number of rotatable bonds is 5. The lowest BCUT2D eigenvalue weighted by molar-refractivity contribution is -0.384. The Morgan fingerprint density at radius 3 is 2.77 bits per heavy atom. The molecule has 3 heterocycles. The number of aromatic amines is 1. The number of nitrogens with one attached hydrogen (secondary N) is 1. The molecule has 0 unspecified atom stereocenters. The van der Waals surface area contributed by atoms with Gasteiger partial charge in [-0.05, 0) is 12.1 Å². The van der Waals surface area contributed by atoms with E-state index in [-0.39, 0.29) is 17.2 Å². The first-order chi connectivity index (χ1) is 14.4. The fraction of sp³-hybridized carbons (Fsp3) is 0.318. The molecule has 8 nitrogen and oxygen atoms in total. The molecule has 0 saturated heterocycles. The predicted octanol–water partition coefficient (Wildman–Crippen LogP) is 3.42. The lowest BCUT2D eigenvalue weighted by Gasteiger charge is -2.27. The van der Waals surface area contributed by atoms with Gasteiger partial charge in [0.2, 0.25) is 0 Å². The van der Waals surface area contributed by atoms with E-state index in [1.54, 1.807) is 6.07 Å². The summed E-state index contributed by atoms with van der Waals surface area (Å²) in [5.41, 5.74) is 3.83. The SMILES string of the molecule is CC(C)c1nc2c(c(=O)[nH]1)CN(Cc1cccc(-c3cccc([N+](=O)[O-])c3)n1)CC2. The van der Waals surface area contributed by atoms with Crippen LogP contribution in [0, 0.1) is 10.1 Å². The van der Waals surface area contributed by atoms with Crippen molar-refractivity contribution in [1.82, 2.24) is 19.9 Å². The maximum absolute atomic E-state index is 12.5. The van der Waals surface area contributed by atoms with E-state index in [0.717, 1.165) is 35.7 Å². The largest absolute Gasteiger partial charge is 0.310 e. The fourth-order valence-electron chi connectivity index (χ4n) is 3.64. The zero-order valence-electron chi connectivity index (χ0n) is 17.0. The summed E-state index contributed by atoms with van der Waals surface area (Å²) in [6.07, 6.45) is 0.726. The average molecular weight is 405 g/mol. The number of H-pyrrole nitrogens is 1. The molecule has 1 aliphatic heterocycles. The van der Waals surface area contributed by atoms with Crippen molar-refractivity contribution in [3.63, 3.8) is 0 Å². The summed E-state index contributed by atoms with van der Waals surface area (Å²) in [5.74, 6) is 0.917. The predicted molar refractivity (Wildman–Crippen MR) is 113 cm³/mol. The summed E-state index contributed by atoms with van der Waals surface area (Å²) < 4.78 is 0. The summed E-state index contributed by atoms with van der Waals surface area (Å²) in [4.78, 5) is 37.6. The summed E-state index contributed by atoms with van der Waals surface area (Å²) >= 11 is 0. The third-order valence-corrected chi connectivity index (χ3v) is 5.26. The topological polar surface area (TPSA) is 105 Å². The van der Waals surface area contributed by atoms with Crippen LogP contribution in [0.5, 0.6) is 0 Å². The van der Waals surface area contributed by atoms with E-state index in [4.69, 9.17) is 0 Å². The second-order valence-corrected chi connectivity index (χ2v) is 7.81. The van der Waals surface area contributed by atoms with Crippen molar-refractivity contribution in [3.05, 3.63) is 85.7 Å². The van der Waals surface area contributed by atoms with Crippen LogP contribution in [0.15, 0.2) is 47.3 Å². The van der Waals surface area contributed by atoms with Gasteiger partial charge in [0, 0.05) is 49.7 Å². The normalized spacial score (nSPS) is 14.0. The number of nitro groups is 1. The maximum atomic E-state index is 12.5. The first-order valence-electron chi connectivity index (χ1n) is 9.96. The number of hydrogen-bond acceptors (Lipinski definition) is 6. The molecule has 0 fully saturated rings. The monoisotopic (exact) mass is 405 g/mol. The Morgan fingerprint density at radius 1 is 1.20 bits per heavy atom. The molecule has 1 aromatic carbocycles. The third-order valence-electron chi connectivity index (χ3n) is 5.26. The number of aromatic nitrogens is 3. The number of nitro benzene ring substituents is 1. The van der Waals surface area contributed by atoms with Crippen LogP contribution in [-0.2, 0) is 19.5 Å². The lowest BCUT2D eigenvalue weighted by atomic mass is 10.1. The van der Waals surface area contributed by atoms with Crippen LogP contribution in [0.1, 0.15) is 42.5 Å². The Kier molecular flexibility index (Phi) is 5.41. The standard InChI is InChI=1S/C22H23N5O3/c1-14(2)21-24-20-9-10-26(13-18(20)22(28)25-21)12-16-6-4-8-19(23-16)15-5-3-7-17(11-15)27(29)30/h3-8,11,14H,9-10,12-13H2,1-2H3,(H,24,25,28). The molecule has 30 heavy (non-hydrogen) atoms. The molecule has 0 saturated carbocycles. The van der Waals surface area contributed by atoms with E-state index in [9.17, 15) is 14.9 Å². The van der Waals surface area contributed by atoms with Crippen LogP contribution in [-0.4, -0.2) is 31.3 Å². The van der Waals surface area contributed by atoms with Crippen molar-refractivity contribution in [2.45, 2.75) is 39.3 Å². The summed E-state index contributed by atoms with van der Waals surface area (Å²) in [5, 5.41) is 11.0. The second-order valence-electron chi connectivity index (χ2n) is 7.81. The first-order valence-corrected chi connectivity index (χ1v) is 9.96. The van der Waals surface area contributed by atoms with E-state index in [1.165, 1.54) is 12.1 Å². The smallest absolute Gasteiger partial charge is 0.270 e. The number of pyridine rings is 1. The van der Waals surface area contributed by atoms with Gasteiger partial charge in [-0.3, -0.25) is 24.8 Å². The molecule has 8 heteroatoms. The third kappa shape index (κ3) is 4.13. The van der Waals surface area contributed by atoms with Gasteiger partial charge in [0.1, 0.15) is 5.82 Å². The Balaban J connectivity index is 1.54. The Hall–Kier alpha value is -3.39. The minimum absolute atomic E-state index is 0.0415. The van der Waals surface area contributed by atoms with Crippen molar-refractivity contribution >= 4 is 5.69 Å². The molecular formula is C22H23N5O3. The van der Waals surface area contributed by atoms with Crippen molar-refractivity contribution in [3.8, 4) is 11.3 Å². The van der Waals surface area contributed by atoms with E-state index in [2.05, 4.69) is 19.9 Å². The molecule has 2 aromatic heterocycles. The van der Waals surface area contributed by atoms with Gasteiger partial charge in [-0.2, -0.15) is 0 Å². The molecule has 0 spiro atoms. The molecule has 0 amide bonds. The fourth-order valence-corrected chi connectivity index (χ4v) is 3.64. The zero-order valence-corrected chi connectivity index (χ0v) is 17.0. The van der Waals surface area contributed by atoms with Crippen LogP contribution >= 0.6 is 0 Å². The molecule has 0 radical (unpaired) electrons. The van der Waals surface area contributed by atoms with Gasteiger partial charge in [-0.15, -0.1) is 0 Å². The molecule has 0 atom stereocenters. The second kappa shape index (κ2) is 8.16. The van der Waals surface area contributed by atoms with Gasteiger partial charge in [-0.1, -0.05) is 32.0 Å². The van der Waals surface area contributed by atoms with Gasteiger partial charge in [0.05, 0.1) is 27.6 Å². The van der Waals surface area contributed by atoms with Crippen LogP contribution in [0.2, 0.25) is 0 Å². The lowest BCUT2D eigenvalue weighted by Crippen LogP contribution is -2.36. The number of nitrogens with zero attached hydrogens (tertiary/aromatic N) is 4. The van der Waals surface area contributed by atoms with Crippen LogP contribution in [0.25, 0.3) is 11.3 Å². The van der Waals surface area contributed by atoms with E-state index in [1.807, 2.05) is 38.1 Å². The minimum atomic E-state index is -0.408. The number of hydrogen-bond donors (Lipinski definition) is 1. The molecule has 0 aliphatic carbocycles. The molecule has 1 aliphatic rings. The Morgan fingerprint density at radius 2 is 2.00 bits per heavy atom. The highest BCUT2D eigenvalue weighted by Crippen LogP contribution is 2.23. The van der Waals surface area contributed by atoms with E-state index >= 15 is 0 Å². The molecule has 1 N–H and O–H groups in total. The Labute approximate surface area is 173 Å². The van der Waals surface area contributed by atoms with Crippen molar-refractivity contribution < 1.29 is 4.92 Å². The molecular weight excluding hydrogens is 382 g/mol. The summed E-state index contributed by atoms with van der Waals surface area (Å²) in [6.45, 7) is 5.94. The number of benzene rings is 1. The van der Waals surface area contributed by atoms with Gasteiger partial charge < -0.3 is 4.98 Å². The van der Waals surface area contributed by atoms with E-state index in [0.29, 0.717) is 24.3 Å². The number of non-ortho nitro benzene ring substituents is 1. The van der Waals surface area contributed by atoms with Crippen molar-refractivity contribution in [1.29, 1.82) is 0 Å². The Bertz CT molecular complexity index is 1160. The summed E-state index contributed by atoms with van der Waals surface area (Å²) in [7, 11) is 0. The van der Waals surface area contributed by atoms with Gasteiger partial charge >= 0.3 is 0 Å². The highest BCUT2D eigenvalue weighted by molar-refractivity contribution is 5.62. The van der Waals surface area contributed by atoms with Crippen LogP contribution < -0.4 is 5.56 Å². The van der Waals surface area contributed by atoms with Crippen molar-refractivity contribution in [2.24, 2.45) is 0 Å². The minimum Gasteiger partial charge on any atom is -0.310 e. The van der Waals surface area contributed by atoms with Gasteiger partial charge in [-0.25, -0.2) is 4.98 Å². The van der Waals surface area contributed by atoms with Crippen molar-refractivity contribution in [2.75, 3.05) is 6.54 Å². The molecule has 3 aromatic rings. The van der Waals surface area contributed by atoms with E-state index < -0.39 is 4.92 Å². The first kappa shape index (κ1) is 19.9. The molecule has 154 valence electrons. The van der Waals surface area contributed by atoms with Crippen LogP contribution in [0.4, 0.5) is 5.69 Å². The van der Waals surface area contributed by atoms with Crippen LogP contribution in [0.3, 0.4) is 0 Å². The average Bonchev–Trinajstić information content (AvgIpc) is 2.74. The maximum Gasteiger partial charge on any atom is 0.270 e. The van der Waals surface area contributed by atoms with Gasteiger partial charge in [0.25, 0.3) is 11.2 Å². The zero-order chi connectivity index (χ0) is 21.3. The quantitative estimate of drug-likeness (QED) is 0.515. The summed E-state index contributed by atoms with van der Waals surface area (Å²) in [6, 6.07) is 12.1. The molecule has 4 rings (SSSR count). The highest BCUT2D eigenvalue weighted by Gasteiger charge is 2.22. The number of fused-ring (bicyclic) bond motifs is 1.